The summed E-state index contributed by atoms with van der Waals surface area (Å²) in [6.45, 7) is 1.42. The lowest BCUT2D eigenvalue weighted by Gasteiger charge is -2.71. The van der Waals surface area contributed by atoms with E-state index in [0.29, 0.717) is 17.4 Å². The van der Waals surface area contributed by atoms with Crippen LogP contribution in [-0.2, 0) is 13.0 Å². The number of aromatic nitrogens is 3. The Kier molecular flexibility index (Phi) is 6.02. The topological polar surface area (TPSA) is 69.9 Å². The molecule has 2 aromatic carbocycles. The average Bonchev–Trinajstić information content (AvgIpc) is 3.42. The molecular weight excluding hydrogens is 500 g/mol. The molecule has 8 rings (SSSR count). The lowest BCUT2D eigenvalue weighted by Crippen LogP contribution is -2.64. The average molecular weight is 535 g/mol. The SMILES string of the molecule is COc1ccc(CNc2nccc3c(CCC45CC(COc6ccn7ccnc7c6)(C4)C5)cccc23)c(OC)c1. The highest BCUT2D eigenvalue weighted by Crippen LogP contribution is 2.75. The predicted molar refractivity (Wildman–Crippen MR) is 156 cm³/mol. The summed E-state index contributed by atoms with van der Waals surface area (Å²) < 4.78 is 19.1. The van der Waals surface area contributed by atoms with Gasteiger partial charge in [-0.05, 0) is 72.7 Å². The van der Waals surface area contributed by atoms with Gasteiger partial charge >= 0.3 is 0 Å². The molecule has 204 valence electrons. The molecule has 3 aromatic heterocycles. The maximum Gasteiger partial charge on any atom is 0.140 e. The molecule has 3 aliphatic carbocycles. The van der Waals surface area contributed by atoms with Crippen LogP contribution in [0.2, 0.25) is 0 Å². The third-order valence-corrected chi connectivity index (χ3v) is 8.93. The molecule has 7 nitrogen and oxygen atoms in total. The lowest BCUT2D eigenvalue weighted by atomic mass is 9.34. The minimum atomic E-state index is 0.365. The summed E-state index contributed by atoms with van der Waals surface area (Å²) in [6, 6.07) is 18.7. The molecular formula is C33H34N4O3. The second-order valence-corrected chi connectivity index (χ2v) is 11.6. The van der Waals surface area contributed by atoms with E-state index >= 15 is 0 Å². The maximum absolute atomic E-state index is 6.21. The van der Waals surface area contributed by atoms with Crippen molar-refractivity contribution >= 4 is 22.2 Å². The second-order valence-electron chi connectivity index (χ2n) is 11.6. The van der Waals surface area contributed by atoms with Crippen molar-refractivity contribution in [3.8, 4) is 17.2 Å². The molecule has 3 heterocycles. The first-order valence-corrected chi connectivity index (χ1v) is 13.9. The number of aryl methyl sites for hydroxylation is 1. The minimum Gasteiger partial charge on any atom is -0.497 e. The Bertz CT molecular complexity index is 1670. The standard InChI is InChI=1S/C33H34N4O3/c1-38-25-7-6-24(29(16-25)39-2)18-36-31-28-5-3-4-23(27(28)9-12-35-31)8-11-32-19-33(20-32,21-32)22-40-26-10-14-37-15-13-34-30(37)17-26/h3-7,9-10,12-17H,8,11,18-22H2,1-2H3,(H,35,36). The predicted octanol–water partition coefficient (Wildman–Crippen LogP) is 6.69. The number of nitrogens with one attached hydrogen (secondary N) is 1. The van der Waals surface area contributed by atoms with Gasteiger partial charge < -0.3 is 23.9 Å². The zero-order chi connectivity index (χ0) is 27.2. The van der Waals surface area contributed by atoms with Crippen LogP contribution in [0.15, 0.2) is 79.4 Å². The largest absolute Gasteiger partial charge is 0.497 e. The number of methoxy groups -OCH3 is 2. The van der Waals surface area contributed by atoms with E-state index in [0.717, 1.165) is 52.7 Å². The molecule has 3 aliphatic rings. The quantitative estimate of drug-likeness (QED) is 0.204. The molecule has 0 radical (unpaired) electrons. The molecule has 0 unspecified atom stereocenters. The Morgan fingerprint density at radius 2 is 1.73 bits per heavy atom. The molecule has 3 fully saturated rings. The van der Waals surface area contributed by atoms with E-state index in [-0.39, 0.29) is 0 Å². The molecule has 2 bridgehead atoms. The number of pyridine rings is 2. The molecule has 3 saturated carbocycles. The fourth-order valence-corrected chi connectivity index (χ4v) is 7.07. The number of nitrogens with zero attached hydrogens (tertiary/aromatic N) is 3. The van der Waals surface area contributed by atoms with Crippen LogP contribution in [0.25, 0.3) is 16.4 Å². The summed E-state index contributed by atoms with van der Waals surface area (Å²) in [5.41, 5.74) is 4.23. The first-order chi connectivity index (χ1) is 19.6. The normalized spacial score (nSPS) is 21.1. The Labute approximate surface area is 234 Å². The highest BCUT2D eigenvalue weighted by atomic mass is 16.5. The highest BCUT2D eigenvalue weighted by molar-refractivity contribution is 5.94. The van der Waals surface area contributed by atoms with E-state index in [4.69, 9.17) is 14.2 Å². The Morgan fingerprint density at radius 3 is 2.58 bits per heavy atom. The van der Waals surface area contributed by atoms with Gasteiger partial charge in [0.2, 0.25) is 0 Å². The van der Waals surface area contributed by atoms with Crippen LogP contribution in [0.3, 0.4) is 0 Å². The van der Waals surface area contributed by atoms with E-state index < -0.39 is 0 Å². The fourth-order valence-electron chi connectivity index (χ4n) is 7.07. The molecule has 7 heteroatoms. The molecule has 5 aromatic rings. The summed E-state index contributed by atoms with van der Waals surface area (Å²) >= 11 is 0. The van der Waals surface area contributed by atoms with E-state index in [9.17, 15) is 0 Å². The Morgan fingerprint density at radius 1 is 0.825 bits per heavy atom. The maximum atomic E-state index is 6.21. The van der Waals surface area contributed by atoms with E-state index in [2.05, 4.69) is 39.6 Å². The van der Waals surface area contributed by atoms with Gasteiger partial charge in [0.25, 0.3) is 0 Å². The number of ether oxygens (including phenoxy) is 3. The monoisotopic (exact) mass is 534 g/mol. The zero-order valence-electron chi connectivity index (χ0n) is 23.0. The number of hydrogen-bond acceptors (Lipinski definition) is 6. The van der Waals surface area contributed by atoms with Crippen molar-refractivity contribution < 1.29 is 14.2 Å². The third-order valence-electron chi connectivity index (χ3n) is 8.93. The van der Waals surface area contributed by atoms with Crippen LogP contribution >= 0.6 is 0 Å². The van der Waals surface area contributed by atoms with Gasteiger partial charge in [0.1, 0.15) is 28.7 Å². The smallest absolute Gasteiger partial charge is 0.140 e. The van der Waals surface area contributed by atoms with Crippen molar-refractivity contribution in [3.63, 3.8) is 0 Å². The van der Waals surface area contributed by atoms with E-state index in [1.165, 1.54) is 36.6 Å². The third kappa shape index (κ3) is 4.39. The van der Waals surface area contributed by atoms with Crippen LogP contribution < -0.4 is 19.5 Å². The van der Waals surface area contributed by atoms with Gasteiger partial charge in [-0.2, -0.15) is 0 Å². The van der Waals surface area contributed by atoms with Gasteiger partial charge in [-0.25, -0.2) is 9.97 Å². The van der Waals surface area contributed by atoms with Crippen LogP contribution in [0.4, 0.5) is 5.82 Å². The van der Waals surface area contributed by atoms with Gasteiger partial charge in [0.05, 0.1) is 20.8 Å². The van der Waals surface area contributed by atoms with Gasteiger partial charge in [-0.15, -0.1) is 0 Å². The summed E-state index contributed by atoms with van der Waals surface area (Å²) in [5.74, 6) is 3.39. The van der Waals surface area contributed by atoms with Crippen LogP contribution in [0, 0.1) is 10.8 Å². The minimum absolute atomic E-state index is 0.365. The van der Waals surface area contributed by atoms with Crippen molar-refractivity contribution in [2.45, 2.75) is 38.6 Å². The van der Waals surface area contributed by atoms with Crippen LogP contribution in [-0.4, -0.2) is 35.2 Å². The van der Waals surface area contributed by atoms with Crippen LogP contribution in [0.5, 0.6) is 17.2 Å². The van der Waals surface area contributed by atoms with Crippen molar-refractivity contribution in [1.29, 1.82) is 0 Å². The molecule has 0 saturated heterocycles. The molecule has 0 amide bonds. The van der Waals surface area contributed by atoms with Gasteiger partial charge in [-0.3, -0.25) is 0 Å². The number of fused-ring (bicyclic) bond motifs is 2. The van der Waals surface area contributed by atoms with E-state index in [1.807, 2.05) is 59.5 Å². The van der Waals surface area contributed by atoms with Crippen molar-refractivity contribution in [3.05, 3.63) is 90.5 Å². The lowest BCUT2D eigenvalue weighted by molar-refractivity contribution is -0.221. The highest BCUT2D eigenvalue weighted by Gasteiger charge is 2.67. The van der Waals surface area contributed by atoms with E-state index in [1.54, 1.807) is 14.2 Å². The fraction of sp³-hybridized carbons (Fsp3) is 0.333. The number of imidazole rings is 1. The number of anilines is 1. The second kappa shape index (κ2) is 9.73. The van der Waals surface area contributed by atoms with Crippen molar-refractivity contribution in [1.82, 2.24) is 14.4 Å². The van der Waals surface area contributed by atoms with Gasteiger partial charge in [0.15, 0.2) is 0 Å². The van der Waals surface area contributed by atoms with Crippen molar-refractivity contribution in [2.24, 2.45) is 10.8 Å². The number of rotatable bonds is 11. The summed E-state index contributed by atoms with van der Waals surface area (Å²) in [4.78, 5) is 9.03. The number of hydrogen-bond donors (Lipinski definition) is 1. The van der Waals surface area contributed by atoms with Gasteiger partial charge in [0, 0.05) is 59.8 Å². The summed E-state index contributed by atoms with van der Waals surface area (Å²) in [6.07, 6.45) is 13.8. The molecule has 0 atom stereocenters. The number of benzene rings is 2. The van der Waals surface area contributed by atoms with Crippen LogP contribution in [0.1, 0.15) is 36.8 Å². The molecule has 0 aliphatic heterocycles. The molecule has 40 heavy (non-hydrogen) atoms. The van der Waals surface area contributed by atoms with Crippen molar-refractivity contribution in [2.75, 3.05) is 26.1 Å². The first-order valence-electron chi connectivity index (χ1n) is 13.9. The first kappa shape index (κ1) is 24.8. The molecule has 1 N–H and O–H groups in total. The summed E-state index contributed by atoms with van der Waals surface area (Å²) in [5, 5.41) is 5.97. The zero-order valence-corrected chi connectivity index (χ0v) is 23.0. The molecule has 0 spiro atoms. The Hall–Kier alpha value is -4.26. The van der Waals surface area contributed by atoms with Gasteiger partial charge in [-0.1, -0.05) is 18.2 Å². The Balaban J connectivity index is 0.975. The summed E-state index contributed by atoms with van der Waals surface area (Å²) in [7, 11) is 3.35.